The molecule has 0 aromatic rings. The molecular weight excluding hydrogens is 356 g/mol. The third kappa shape index (κ3) is 4.29. The van der Waals surface area contributed by atoms with Crippen LogP contribution in [0.5, 0.6) is 0 Å². The van der Waals surface area contributed by atoms with Crippen LogP contribution in [0.2, 0.25) is 0 Å². The van der Waals surface area contributed by atoms with E-state index in [-0.39, 0.29) is 18.1 Å². The maximum atomic E-state index is 10.6. The zero-order valence-corrected chi connectivity index (χ0v) is 17.7. The zero-order valence-electron chi connectivity index (χ0n) is 17.7. The van der Waals surface area contributed by atoms with E-state index in [2.05, 4.69) is 0 Å². The van der Waals surface area contributed by atoms with Gasteiger partial charge in [-0.05, 0) is 31.1 Å². The molecule has 1 spiro atoms. The van der Waals surface area contributed by atoms with Crippen molar-refractivity contribution in [3.63, 3.8) is 0 Å². The van der Waals surface area contributed by atoms with E-state index in [1.165, 1.54) is 57.8 Å². The van der Waals surface area contributed by atoms with Crippen molar-refractivity contribution in [1.82, 2.24) is 0 Å². The summed E-state index contributed by atoms with van der Waals surface area (Å²) < 4.78 is 18.0. The summed E-state index contributed by atoms with van der Waals surface area (Å²) in [6.45, 7) is 2.00. The summed E-state index contributed by atoms with van der Waals surface area (Å²) in [4.78, 5) is 0. The van der Waals surface area contributed by atoms with Crippen molar-refractivity contribution in [3.8, 4) is 0 Å². The molecule has 1 heterocycles. The molecule has 9 atom stereocenters. The number of aliphatic hydroxyl groups excluding tert-OH is 2. The number of rotatable bonds is 3. The smallest absolute Gasteiger partial charge is 0.184 e. The zero-order chi connectivity index (χ0) is 19.7. The minimum atomic E-state index is -0.726. The molecule has 4 rings (SSSR count). The Balaban J connectivity index is 1.41. The average Bonchev–Trinajstić information content (AvgIpc) is 3.34. The molecule has 0 aromatic heterocycles. The Labute approximate surface area is 170 Å². The van der Waals surface area contributed by atoms with Crippen molar-refractivity contribution >= 4 is 0 Å². The summed E-state index contributed by atoms with van der Waals surface area (Å²) in [7, 11) is 1.55. The monoisotopic (exact) mass is 396 g/mol. The van der Waals surface area contributed by atoms with Crippen molar-refractivity contribution < 1.29 is 24.4 Å². The lowest BCUT2D eigenvalue weighted by Crippen LogP contribution is -2.58. The minimum Gasteiger partial charge on any atom is -0.390 e. The van der Waals surface area contributed by atoms with Gasteiger partial charge in [-0.2, -0.15) is 0 Å². The summed E-state index contributed by atoms with van der Waals surface area (Å²) in [6.07, 6.45) is 12.9. The Morgan fingerprint density at radius 2 is 1.46 bits per heavy atom. The molecule has 1 aliphatic heterocycles. The van der Waals surface area contributed by atoms with Crippen molar-refractivity contribution in [2.75, 3.05) is 7.11 Å². The fraction of sp³-hybridized carbons (Fsp3) is 1.00. The van der Waals surface area contributed by atoms with Gasteiger partial charge in [0, 0.05) is 19.4 Å². The van der Waals surface area contributed by atoms with Crippen LogP contribution >= 0.6 is 0 Å². The molecular formula is C23H40O5. The molecule has 0 radical (unpaired) electrons. The van der Waals surface area contributed by atoms with Gasteiger partial charge in [-0.25, -0.2) is 0 Å². The SMILES string of the molecule is CO[C@@H]1OC2(CC2O)[C@@H](OC2CCCCC3CCCC(CCC2)C3)[C@H](C)[C@@H]1O. The lowest BCUT2D eigenvalue weighted by molar-refractivity contribution is -0.304. The largest absolute Gasteiger partial charge is 0.390 e. The quantitative estimate of drug-likeness (QED) is 0.760. The van der Waals surface area contributed by atoms with Crippen molar-refractivity contribution in [2.45, 2.75) is 120 Å². The van der Waals surface area contributed by atoms with Crippen LogP contribution in [-0.2, 0) is 14.2 Å². The van der Waals surface area contributed by atoms with E-state index in [9.17, 15) is 10.2 Å². The second-order valence-electron chi connectivity index (χ2n) is 10.0. The van der Waals surface area contributed by atoms with Crippen molar-refractivity contribution in [3.05, 3.63) is 0 Å². The van der Waals surface area contributed by atoms with Gasteiger partial charge in [-0.1, -0.05) is 58.3 Å². The van der Waals surface area contributed by atoms with Crippen LogP contribution in [0.15, 0.2) is 0 Å². The van der Waals surface area contributed by atoms with Gasteiger partial charge in [0.25, 0.3) is 0 Å². The summed E-state index contributed by atoms with van der Waals surface area (Å²) in [5, 5.41) is 20.9. The van der Waals surface area contributed by atoms with Crippen LogP contribution in [0.4, 0.5) is 0 Å². The van der Waals surface area contributed by atoms with E-state index in [0.29, 0.717) is 6.42 Å². The van der Waals surface area contributed by atoms with Crippen molar-refractivity contribution in [1.29, 1.82) is 0 Å². The molecule has 5 nitrogen and oxygen atoms in total. The van der Waals surface area contributed by atoms with Gasteiger partial charge < -0.3 is 24.4 Å². The van der Waals surface area contributed by atoms with Crippen molar-refractivity contribution in [2.24, 2.45) is 17.8 Å². The number of fused-ring (bicyclic) bond motifs is 2. The van der Waals surface area contributed by atoms with E-state index in [1.807, 2.05) is 6.92 Å². The molecule has 4 aliphatic rings. The van der Waals surface area contributed by atoms with Gasteiger partial charge in [0.05, 0.1) is 18.3 Å². The van der Waals surface area contributed by atoms with Crippen LogP contribution in [0.3, 0.4) is 0 Å². The van der Waals surface area contributed by atoms with Gasteiger partial charge in [0.15, 0.2) is 6.29 Å². The first-order valence-electron chi connectivity index (χ1n) is 11.8. The predicted molar refractivity (Wildman–Crippen MR) is 107 cm³/mol. The predicted octanol–water partition coefficient (Wildman–Crippen LogP) is 3.79. The second kappa shape index (κ2) is 8.89. The number of hydrogen-bond acceptors (Lipinski definition) is 5. The second-order valence-corrected chi connectivity index (χ2v) is 10.0. The fourth-order valence-corrected chi connectivity index (χ4v) is 6.18. The molecule has 3 aliphatic carbocycles. The number of hydrogen-bond donors (Lipinski definition) is 2. The molecule has 5 unspecified atom stereocenters. The van der Waals surface area contributed by atoms with Crippen LogP contribution in [0.25, 0.3) is 0 Å². The molecule has 5 heteroatoms. The van der Waals surface area contributed by atoms with Gasteiger partial charge >= 0.3 is 0 Å². The molecule has 162 valence electrons. The van der Waals surface area contributed by atoms with E-state index >= 15 is 0 Å². The Morgan fingerprint density at radius 1 is 0.893 bits per heavy atom. The molecule has 2 N–H and O–H groups in total. The highest BCUT2D eigenvalue weighted by Crippen LogP contribution is 2.52. The third-order valence-corrected chi connectivity index (χ3v) is 8.02. The van der Waals surface area contributed by atoms with Crippen LogP contribution in [0, 0.1) is 17.8 Å². The van der Waals surface area contributed by atoms with Gasteiger partial charge in [-0.15, -0.1) is 0 Å². The Kier molecular flexibility index (Phi) is 6.68. The first kappa shape index (κ1) is 21.0. The molecule has 0 aromatic carbocycles. The fourth-order valence-electron chi connectivity index (χ4n) is 6.18. The molecule has 2 bridgehead atoms. The van der Waals surface area contributed by atoms with Gasteiger partial charge in [0.2, 0.25) is 0 Å². The van der Waals surface area contributed by atoms with E-state index < -0.39 is 24.1 Å². The topological polar surface area (TPSA) is 68.2 Å². The Morgan fingerprint density at radius 3 is 2.11 bits per heavy atom. The molecule has 3 saturated carbocycles. The molecule has 4 fully saturated rings. The minimum absolute atomic E-state index is 0.117. The summed E-state index contributed by atoms with van der Waals surface area (Å²) >= 11 is 0. The molecule has 1 saturated heterocycles. The lowest BCUT2D eigenvalue weighted by atomic mass is 9.77. The lowest BCUT2D eigenvalue weighted by Gasteiger charge is -2.45. The van der Waals surface area contributed by atoms with E-state index in [4.69, 9.17) is 14.2 Å². The maximum absolute atomic E-state index is 10.6. The van der Waals surface area contributed by atoms with Gasteiger partial charge in [0.1, 0.15) is 11.7 Å². The standard InChI is InChI=1S/C23H40O5/c1-15-20(25)22(26-2)28-23(14-19(23)24)21(15)27-18-11-4-3-7-16-8-5-9-17(13-16)10-6-12-18/h15-22,24-25H,3-14H2,1-2H3/t15-,16?,17?,18?,19?,20+,21+,22-,23?/m1/s1. The third-order valence-electron chi connectivity index (χ3n) is 8.02. The summed E-state index contributed by atoms with van der Waals surface area (Å²) in [5.41, 5.74) is -0.692. The van der Waals surface area contributed by atoms with Crippen LogP contribution < -0.4 is 0 Å². The highest BCUT2D eigenvalue weighted by molar-refractivity contribution is 5.16. The van der Waals surface area contributed by atoms with Crippen LogP contribution in [-0.4, -0.2) is 53.6 Å². The van der Waals surface area contributed by atoms with Crippen LogP contribution in [0.1, 0.15) is 84.0 Å². The summed E-state index contributed by atoms with van der Waals surface area (Å²) in [6, 6.07) is 0. The molecule has 0 amide bonds. The highest BCUT2D eigenvalue weighted by Gasteiger charge is 2.67. The Hall–Kier alpha value is -0.200. The number of aliphatic hydroxyl groups is 2. The number of ether oxygens (including phenoxy) is 3. The first-order valence-corrected chi connectivity index (χ1v) is 11.8. The number of methoxy groups -OCH3 is 1. The summed E-state index contributed by atoms with van der Waals surface area (Å²) in [5.74, 6) is 1.75. The highest BCUT2D eigenvalue weighted by atomic mass is 16.7. The first-order chi connectivity index (χ1) is 13.5. The van der Waals surface area contributed by atoms with E-state index in [0.717, 1.165) is 24.7 Å². The average molecular weight is 397 g/mol. The van der Waals surface area contributed by atoms with E-state index in [1.54, 1.807) is 7.11 Å². The molecule has 28 heavy (non-hydrogen) atoms. The Bertz CT molecular complexity index is 513. The normalized spacial score (nSPS) is 50.1. The van der Waals surface area contributed by atoms with Gasteiger partial charge in [-0.3, -0.25) is 0 Å². The maximum Gasteiger partial charge on any atom is 0.184 e.